The van der Waals surface area contributed by atoms with Crippen molar-refractivity contribution in [2.45, 2.75) is 25.9 Å². The molecule has 0 bridgehead atoms. The molecule has 0 unspecified atom stereocenters. The molecule has 2 aromatic rings. The van der Waals surface area contributed by atoms with Crippen molar-refractivity contribution < 1.29 is 18.0 Å². The molecule has 0 saturated heterocycles. The molecule has 128 valence electrons. The summed E-state index contributed by atoms with van der Waals surface area (Å²) < 4.78 is 38.5. The van der Waals surface area contributed by atoms with E-state index >= 15 is 0 Å². The second-order valence-corrected chi connectivity index (χ2v) is 5.45. The quantitative estimate of drug-likeness (QED) is 0.769. The highest BCUT2D eigenvalue weighted by Crippen LogP contribution is 2.36. The van der Waals surface area contributed by atoms with Crippen LogP contribution in [0.1, 0.15) is 25.3 Å². The van der Waals surface area contributed by atoms with E-state index in [4.69, 9.17) is 11.6 Å². The normalized spacial score (nSPS) is 11.2. The fraction of sp³-hybridized carbons (Fsp3) is 0.250. The van der Waals surface area contributed by atoms with Crippen molar-refractivity contribution >= 4 is 34.7 Å². The largest absolute Gasteiger partial charge is 0.417 e. The van der Waals surface area contributed by atoms with Crippen molar-refractivity contribution in [1.82, 2.24) is 4.98 Å². The van der Waals surface area contributed by atoms with Crippen molar-refractivity contribution in [2.75, 3.05) is 10.6 Å². The van der Waals surface area contributed by atoms with Crippen molar-refractivity contribution in [3.05, 3.63) is 47.1 Å². The zero-order valence-electron chi connectivity index (χ0n) is 12.7. The van der Waals surface area contributed by atoms with Crippen molar-refractivity contribution in [3.8, 4) is 0 Å². The van der Waals surface area contributed by atoms with E-state index in [1.54, 1.807) is 12.1 Å². The third-order valence-corrected chi connectivity index (χ3v) is 3.40. The topological polar surface area (TPSA) is 54.0 Å². The number of hydrogen-bond acceptors (Lipinski definition) is 3. The molecule has 0 aliphatic heterocycles. The Labute approximate surface area is 142 Å². The summed E-state index contributed by atoms with van der Waals surface area (Å²) in [5, 5.41) is 5.08. The Morgan fingerprint density at radius 2 is 1.92 bits per heavy atom. The number of rotatable bonds is 5. The summed E-state index contributed by atoms with van der Waals surface area (Å²) in [5.74, 6) is 0.228. The van der Waals surface area contributed by atoms with Gasteiger partial charge in [-0.25, -0.2) is 4.98 Å². The minimum absolute atomic E-state index is 0.118. The molecule has 2 rings (SSSR count). The van der Waals surface area contributed by atoms with Gasteiger partial charge in [-0.3, -0.25) is 4.79 Å². The summed E-state index contributed by atoms with van der Waals surface area (Å²) in [4.78, 5) is 15.5. The lowest BCUT2D eigenvalue weighted by molar-refractivity contribution is -0.137. The average molecular weight is 358 g/mol. The SMILES string of the molecule is CCCC(=O)Nc1ccc(Nc2ccc(Cl)c(C(F)(F)F)c2)nc1. The summed E-state index contributed by atoms with van der Waals surface area (Å²) in [5.41, 5.74) is -0.189. The third kappa shape index (κ3) is 4.86. The van der Waals surface area contributed by atoms with Gasteiger partial charge in [-0.05, 0) is 36.8 Å². The third-order valence-electron chi connectivity index (χ3n) is 3.07. The van der Waals surface area contributed by atoms with Gasteiger partial charge in [0.25, 0.3) is 0 Å². The van der Waals surface area contributed by atoms with Crippen LogP contribution < -0.4 is 10.6 Å². The maximum atomic E-state index is 12.8. The van der Waals surface area contributed by atoms with Crippen LogP contribution in [0.25, 0.3) is 0 Å². The number of halogens is 4. The lowest BCUT2D eigenvalue weighted by Gasteiger charge is -2.12. The fourth-order valence-electron chi connectivity index (χ4n) is 1.96. The first kappa shape index (κ1) is 18.1. The maximum Gasteiger partial charge on any atom is 0.417 e. The summed E-state index contributed by atoms with van der Waals surface area (Å²) >= 11 is 5.58. The Kier molecular flexibility index (Phi) is 5.66. The molecular weight excluding hydrogens is 343 g/mol. The molecule has 0 atom stereocenters. The van der Waals surface area contributed by atoms with Crippen LogP contribution in [-0.4, -0.2) is 10.9 Å². The predicted molar refractivity (Wildman–Crippen MR) is 87.5 cm³/mol. The van der Waals surface area contributed by atoms with Gasteiger partial charge in [0.2, 0.25) is 5.91 Å². The molecule has 2 N–H and O–H groups in total. The van der Waals surface area contributed by atoms with E-state index in [0.717, 1.165) is 12.5 Å². The van der Waals surface area contributed by atoms with Crippen LogP contribution in [0.5, 0.6) is 0 Å². The van der Waals surface area contributed by atoms with E-state index in [0.29, 0.717) is 17.9 Å². The number of benzene rings is 1. The van der Waals surface area contributed by atoms with Gasteiger partial charge in [-0.1, -0.05) is 18.5 Å². The number of carbonyl (C=O) groups excluding carboxylic acids is 1. The highest BCUT2D eigenvalue weighted by atomic mass is 35.5. The first-order valence-electron chi connectivity index (χ1n) is 7.19. The van der Waals surface area contributed by atoms with Gasteiger partial charge in [0.05, 0.1) is 22.5 Å². The molecule has 1 aromatic heterocycles. The Bertz CT molecular complexity index is 717. The number of nitrogens with zero attached hydrogens (tertiary/aromatic N) is 1. The summed E-state index contributed by atoms with van der Waals surface area (Å²) in [6.45, 7) is 1.90. The second kappa shape index (κ2) is 7.53. The molecule has 24 heavy (non-hydrogen) atoms. The van der Waals surface area contributed by atoms with Crippen LogP contribution in [0.4, 0.5) is 30.4 Å². The second-order valence-electron chi connectivity index (χ2n) is 5.05. The molecular formula is C16H15ClF3N3O. The Morgan fingerprint density at radius 3 is 2.50 bits per heavy atom. The number of aromatic nitrogens is 1. The average Bonchev–Trinajstić information content (AvgIpc) is 2.50. The van der Waals surface area contributed by atoms with Crippen LogP contribution in [-0.2, 0) is 11.0 Å². The van der Waals surface area contributed by atoms with Crippen molar-refractivity contribution in [2.24, 2.45) is 0 Å². The molecule has 0 saturated carbocycles. The molecule has 0 spiro atoms. The zero-order chi connectivity index (χ0) is 17.7. The van der Waals surface area contributed by atoms with Crippen LogP contribution in [0.15, 0.2) is 36.5 Å². The molecule has 1 aromatic carbocycles. The van der Waals surface area contributed by atoms with E-state index in [9.17, 15) is 18.0 Å². The number of pyridine rings is 1. The van der Waals surface area contributed by atoms with Crippen LogP contribution in [0.2, 0.25) is 5.02 Å². The molecule has 0 aliphatic carbocycles. The number of hydrogen-bond donors (Lipinski definition) is 2. The van der Waals surface area contributed by atoms with Crippen LogP contribution >= 0.6 is 11.6 Å². The first-order valence-corrected chi connectivity index (χ1v) is 7.57. The maximum absolute atomic E-state index is 12.8. The van der Waals surface area contributed by atoms with Gasteiger partial charge < -0.3 is 10.6 Å². The van der Waals surface area contributed by atoms with Crippen molar-refractivity contribution in [3.63, 3.8) is 0 Å². The molecule has 8 heteroatoms. The zero-order valence-corrected chi connectivity index (χ0v) is 13.5. The molecule has 1 amide bonds. The van der Waals surface area contributed by atoms with Gasteiger partial charge >= 0.3 is 6.18 Å². The van der Waals surface area contributed by atoms with Crippen LogP contribution in [0, 0.1) is 0 Å². The van der Waals surface area contributed by atoms with Gasteiger partial charge in [0.15, 0.2) is 0 Å². The highest BCUT2D eigenvalue weighted by Gasteiger charge is 2.33. The highest BCUT2D eigenvalue weighted by molar-refractivity contribution is 6.31. The fourth-order valence-corrected chi connectivity index (χ4v) is 2.19. The molecule has 0 aliphatic rings. The Hall–Kier alpha value is -2.28. The predicted octanol–water partition coefficient (Wildman–Crippen LogP) is 5.24. The minimum Gasteiger partial charge on any atom is -0.340 e. The molecule has 0 fully saturated rings. The van der Waals surface area contributed by atoms with E-state index < -0.39 is 11.7 Å². The smallest absolute Gasteiger partial charge is 0.340 e. The van der Waals surface area contributed by atoms with Crippen LogP contribution in [0.3, 0.4) is 0 Å². The minimum atomic E-state index is -4.53. The lowest BCUT2D eigenvalue weighted by atomic mass is 10.2. The summed E-state index contributed by atoms with van der Waals surface area (Å²) in [6.07, 6.45) is -1.96. The lowest BCUT2D eigenvalue weighted by Crippen LogP contribution is -2.10. The summed E-state index contributed by atoms with van der Waals surface area (Å²) in [6, 6.07) is 6.69. The van der Waals surface area contributed by atoms with E-state index in [1.165, 1.54) is 18.3 Å². The van der Waals surface area contributed by atoms with Gasteiger partial charge in [-0.2, -0.15) is 13.2 Å². The summed E-state index contributed by atoms with van der Waals surface area (Å²) in [7, 11) is 0. The monoisotopic (exact) mass is 357 g/mol. The van der Waals surface area contributed by atoms with E-state index in [-0.39, 0.29) is 16.6 Å². The number of anilines is 3. The van der Waals surface area contributed by atoms with Gasteiger partial charge in [0, 0.05) is 12.1 Å². The molecule has 1 heterocycles. The van der Waals surface area contributed by atoms with Gasteiger partial charge in [-0.15, -0.1) is 0 Å². The number of alkyl halides is 3. The van der Waals surface area contributed by atoms with E-state index in [2.05, 4.69) is 15.6 Å². The molecule has 0 radical (unpaired) electrons. The Balaban J connectivity index is 2.10. The molecule has 4 nitrogen and oxygen atoms in total. The van der Waals surface area contributed by atoms with Crippen molar-refractivity contribution in [1.29, 1.82) is 0 Å². The van der Waals surface area contributed by atoms with E-state index in [1.807, 2.05) is 6.92 Å². The number of carbonyl (C=O) groups is 1. The number of nitrogens with one attached hydrogen (secondary N) is 2. The number of amides is 1. The Morgan fingerprint density at radius 1 is 1.21 bits per heavy atom. The van der Waals surface area contributed by atoms with Gasteiger partial charge in [0.1, 0.15) is 5.82 Å². The first-order chi connectivity index (χ1) is 11.3. The standard InChI is InChI=1S/C16H15ClF3N3O/c1-2-3-15(24)23-11-5-7-14(21-9-11)22-10-4-6-13(17)12(8-10)16(18,19)20/h4-9H,2-3H2,1H3,(H,21,22)(H,23,24).